The highest BCUT2D eigenvalue weighted by Gasteiger charge is 2.32. The molecule has 0 bridgehead atoms. The number of amides is 2. The molecule has 1 atom stereocenters. The lowest BCUT2D eigenvalue weighted by Crippen LogP contribution is -2.53. The van der Waals surface area contributed by atoms with Crippen LogP contribution in [0.4, 0.5) is 4.39 Å². The topological polar surface area (TPSA) is 49.4 Å². The number of benzene rings is 3. The Morgan fingerprint density at radius 1 is 0.917 bits per heavy atom. The first-order valence-corrected chi connectivity index (χ1v) is 13.0. The molecule has 36 heavy (non-hydrogen) atoms. The van der Waals surface area contributed by atoms with Gasteiger partial charge >= 0.3 is 0 Å². The average molecular weight is 507 g/mol. The van der Waals surface area contributed by atoms with Crippen LogP contribution in [0.25, 0.3) is 0 Å². The molecule has 1 N–H and O–H groups in total. The average Bonchev–Trinajstić information content (AvgIpc) is 2.88. The second-order valence-corrected chi connectivity index (χ2v) is 9.91. The van der Waals surface area contributed by atoms with E-state index in [1.165, 1.54) is 12.5 Å². The highest BCUT2D eigenvalue weighted by Crippen LogP contribution is 2.21. The van der Waals surface area contributed by atoms with Crippen LogP contribution < -0.4 is 5.32 Å². The van der Waals surface area contributed by atoms with Crippen molar-refractivity contribution in [1.82, 2.24) is 10.2 Å². The molecule has 4 nitrogen and oxygen atoms in total. The van der Waals surface area contributed by atoms with Crippen LogP contribution in [-0.2, 0) is 29.0 Å². The van der Waals surface area contributed by atoms with E-state index in [-0.39, 0.29) is 30.8 Å². The Kier molecular flexibility index (Phi) is 9.12. The zero-order chi connectivity index (χ0) is 25.3. The SMILES string of the molecule is O=C(NC1CCCCC1)C(Cc1ccccc1)N(Cc1cccc(Cl)c1)C(=O)Cc1ccccc1F. The van der Waals surface area contributed by atoms with Crippen molar-refractivity contribution in [3.05, 3.63) is 106 Å². The minimum atomic E-state index is -0.743. The molecule has 0 spiro atoms. The summed E-state index contributed by atoms with van der Waals surface area (Å²) in [6, 6.07) is 22.6. The summed E-state index contributed by atoms with van der Waals surface area (Å²) in [5.41, 5.74) is 2.08. The molecule has 1 fully saturated rings. The predicted molar refractivity (Wildman–Crippen MR) is 141 cm³/mol. The Balaban J connectivity index is 1.66. The van der Waals surface area contributed by atoms with Gasteiger partial charge in [0.2, 0.25) is 11.8 Å². The number of nitrogens with one attached hydrogen (secondary N) is 1. The highest BCUT2D eigenvalue weighted by atomic mass is 35.5. The van der Waals surface area contributed by atoms with Crippen LogP contribution in [0.1, 0.15) is 48.8 Å². The maximum absolute atomic E-state index is 14.4. The second kappa shape index (κ2) is 12.7. The minimum Gasteiger partial charge on any atom is -0.352 e. The maximum atomic E-state index is 14.4. The summed E-state index contributed by atoms with van der Waals surface area (Å²) >= 11 is 6.23. The molecule has 0 aliphatic heterocycles. The Hall–Kier alpha value is -3.18. The van der Waals surface area contributed by atoms with E-state index in [9.17, 15) is 14.0 Å². The van der Waals surface area contributed by atoms with Gasteiger partial charge in [0.05, 0.1) is 6.42 Å². The van der Waals surface area contributed by atoms with Crippen molar-refractivity contribution in [3.63, 3.8) is 0 Å². The van der Waals surface area contributed by atoms with Crippen LogP contribution in [0.5, 0.6) is 0 Å². The molecule has 0 heterocycles. The van der Waals surface area contributed by atoms with Gasteiger partial charge in [-0.15, -0.1) is 0 Å². The molecule has 0 radical (unpaired) electrons. The number of hydrogen-bond acceptors (Lipinski definition) is 2. The highest BCUT2D eigenvalue weighted by molar-refractivity contribution is 6.30. The van der Waals surface area contributed by atoms with Crippen molar-refractivity contribution >= 4 is 23.4 Å². The van der Waals surface area contributed by atoms with E-state index in [1.807, 2.05) is 42.5 Å². The zero-order valence-electron chi connectivity index (χ0n) is 20.3. The number of nitrogens with zero attached hydrogens (tertiary/aromatic N) is 1. The first-order valence-electron chi connectivity index (χ1n) is 12.6. The summed E-state index contributed by atoms with van der Waals surface area (Å²) in [6.07, 6.45) is 5.49. The molecule has 0 aromatic heterocycles. The van der Waals surface area contributed by atoms with Gasteiger partial charge in [-0.3, -0.25) is 9.59 Å². The smallest absolute Gasteiger partial charge is 0.243 e. The first-order chi connectivity index (χ1) is 17.5. The summed E-state index contributed by atoms with van der Waals surface area (Å²) in [5, 5.41) is 3.77. The number of carbonyl (C=O) groups excluding carboxylic acids is 2. The third kappa shape index (κ3) is 7.17. The summed E-state index contributed by atoms with van der Waals surface area (Å²) in [6.45, 7) is 0.198. The van der Waals surface area contributed by atoms with Crippen molar-refractivity contribution in [2.75, 3.05) is 0 Å². The number of hydrogen-bond donors (Lipinski definition) is 1. The van der Waals surface area contributed by atoms with Gasteiger partial charge in [-0.05, 0) is 47.7 Å². The summed E-state index contributed by atoms with van der Waals surface area (Å²) < 4.78 is 14.4. The molecule has 3 aromatic carbocycles. The van der Waals surface area contributed by atoms with Crippen LogP contribution >= 0.6 is 11.6 Å². The fourth-order valence-electron chi connectivity index (χ4n) is 4.84. The molecule has 1 aliphatic rings. The summed E-state index contributed by atoms with van der Waals surface area (Å²) in [4.78, 5) is 29.0. The van der Waals surface area contributed by atoms with Gasteiger partial charge in [0, 0.05) is 24.0 Å². The van der Waals surface area contributed by atoms with Crippen molar-refractivity contribution in [3.8, 4) is 0 Å². The lowest BCUT2D eigenvalue weighted by molar-refractivity contribution is -0.141. The number of carbonyl (C=O) groups is 2. The minimum absolute atomic E-state index is 0.110. The van der Waals surface area contributed by atoms with Crippen LogP contribution in [0.15, 0.2) is 78.9 Å². The monoisotopic (exact) mass is 506 g/mol. The van der Waals surface area contributed by atoms with Crippen molar-refractivity contribution in [1.29, 1.82) is 0 Å². The predicted octanol–water partition coefficient (Wildman–Crippen LogP) is 6.11. The molecule has 0 saturated heterocycles. The Morgan fingerprint density at radius 3 is 2.33 bits per heavy atom. The normalized spacial score (nSPS) is 14.7. The fraction of sp³-hybridized carbons (Fsp3) is 0.333. The van der Waals surface area contributed by atoms with Gasteiger partial charge in [-0.1, -0.05) is 91.5 Å². The van der Waals surface area contributed by atoms with Crippen molar-refractivity contribution < 1.29 is 14.0 Å². The quantitative estimate of drug-likeness (QED) is 0.380. The molecule has 1 unspecified atom stereocenters. The second-order valence-electron chi connectivity index (χ2n) is 9.47. The third-order valence-corrected chi connectivity index (χ3v) is 7.00. The number of halogens is 2. The van der Waals surface area contributed by atoms with Gasteiger partial charge in [0.25, 0.3) is 0 Å². The molecular formula is C30H32ClFN2O2. The van der Waals surface area contributed by atoms with Gasteiger partial charge in [0.1, 0.15) is 11.9 Å². The van der Waals surface area contributed by atoms with Crippen LogP contribution in [-0.4, -0.2) is 28.8 Å². The van der Waals surface area contributed by atoms with Gasteiger partial charge < -0.3 is 10.2 Å². The zero-order valence-corrected chi connectivity index (χ0v) is 21.1. The Labute approximate surface area is 217 Å². The van der Waals surface area contributed by atoms with E-state index >= 15 is 0 Å². The summed E-state index contributed by atoms with van der Waals surface area (Å²) in [5.74, 6) is -0.908. The van der Waals surface area contributed by atoms with E-state index in [1.54, 1.807) is 35.2 Å². The molecule has 1 aliphatic carbocycles. The first kappa shape index (κ1) is 25.9. The van der Waals surface area contributed by atoms with E-state index in [2.05, 4.69) is 5.32 Å². The summed E-state index contributed by atoms with van der Waals surface area (Å²) in [7, 11) is 0. The van der Waals surface area contributed by atoms with Gasteiger partial charge in [0.15, 0.2) is 0 Å². The van der Waals surface area contributed by atoms with Crippen LogP contribution in [0.3, 0.4) is 0 Å². The van der Waals surface area contributed by atoms with E-state index in [0.717, 1.165) is 36.8 Å². The van der Waals surface area contributed by atoms with E-state index in [4.69, 9.17) is 11.6 Å². The number of rotatable bonds is 9. The van der Waals surface area contributed by atoms with Crippen molar-refractivity contribution in [2.45, 2.75) is 63.6 Å². The maximum Gasteiger partial charge on any atom is 0.243 e. The Bertz CT molecular complexity index is 1160. The molecule has 3 aromatic rings. The lowest BCUT2D eigenvalue weighted by Gasteiger charge is -2.33. The molecule has 6 heteroatoms. The van der Waals surface area contributed by atoms with Crippen LogP contribution in [0, 0.1) is 5.82 Å². The van der Waals surface area contributed by atoms with E-state index in [0.29, 0.717) is 17.0 Å². The molecule has 4 rings (SSSR count). The van der Waals surface area contributed by atoms with E-state index < -0.39 is 11.9 Å². The third-order valence-electron chi connectivity index (χ3n) is 6.76. The fourth-order valence-corrected chi connectivity index (χ4v) is 5.05. The van der Waals surface area contributed by atoms with Crippen LogP contribution in [0.2, 0.25) is 5.02 Å². The molecular weight excluding hydrogens is 475 g/mol. The molecule has 1 saturated carbocycles. The Morgan fingerprint density at radius 2 is 1.61 bits per heavy atom. The lowest BCUT2D eigenvalue weighted by atomic mass is 9.94. The van der Waals surface area contributed by atoms with Crippen molar-refractivity contribution in [2.24, 2.45) is 0 Å². The van der Waals surface area contributed by atoms with Gasteiger partial charge in [-0.25, -0.2) is 4.39 Å². The van der Waals surface area contributed by atoms with Gasteiger partial charge in [-0.2, -0.15) is 0 Å². The molecule has 188 valence electrons. The molecule has 2 amide bonds. The standard InChI is InChI=1S/C30H32ClFN2O2/c31-25-14-9-12-23(18-25)21-34(29(35)20-24-13-7-8-17-27(24)32)28(19-22-10-3-1-4-11-22)30(36)33-26-15-5-2-6-16-26/h1,3-4,7-14,17-18,26,28H,2,5-6,15-16,19-21H2,(H,33,36). The largest absolute Gasteiger partial charge is 0.352 e.